The Kier molecular flexibility index (Phi) is 4.89. The molecular formula is C14H19NO3. The molecule has 0 atom stereocenters. The number of hydrogen-bond donors (Lipinski definition) is 1. The number of amides is 1. The van der Waals surface area contributed by atoms with Crippen molar-refractivity contribution in [1.82, 2.24) is 0 Å². The van der Waals surface area contributed by atoms with Gasteiger partial charge in [-0.1, -0.05) is 13.8 Å². The largest absolute Gasteiger partial charge is 0.478 e. The summed E-state index contributed by atoms with van der Waals surface area (Å²) in [6, 6.07) is 6.33. The van der Waals surface area contributed by atoms with E-state index in [2.05, 4.69) is 0 Å². The number of carboxylic acid groups (broad SMARTS) is 1. The summed E-state index contributed by atoms with van der Waals surface area (Å²) >= 11 is 0. The van der Waals surface area contributed by atoms with Gasteiger partial charge in [-0.2, -0.15) is 0 Å². The Balaban J connectivity index is 2.86. The molecule has 0 bridgehead atoms. The average Bonchev–Trinajstić information content (AvgIpc) is 2.39. The highest BCUT2D eigenvalue weighted by Crippen LogP contribution is 2.19. The normalized spacial score (nSPS) is 10.4. The first kappa shape index (κ1) is 14.2. The lowest BCUT2D eigenvalue weighted by Gasteiger charge is -2.22. The van der Waals surface area contributed by atoms with Gasteiger partial charge in [-0.3, -0.25) is 4.79 Å². The molecule has 1 rings (SSSR count). The van der Waals surface area contributed by atoms with E-state index in [1.807, 2.05) is 13.8 Å². The third-order valence-corrected chi connectivity index (χ3v) is 3.17. The van der Waals surface area contributed by atoms with Gasteiger partial charge in [0.1, 0.15) is 0 Å². The van der Waals surface area contributed by atoms with E-state index in [1.54, 1.807) is 24.1 Å². The predicted molar refractivity (Wildman–Crippen MR) is 70.9 cm³/mol. The molecule has 0 aliphatic rings. The van der Waals surface area contributed by atoms with Crippen molar-refractivity contribution in [3.8, 4) is 0 Å². The molecule has 0 unspecified atom stereocenters. The quantitative estimate of drug-likeness (QED) is 0.873. The standard InChI is InChI=1S/C14H19NO3/c1-4-10(5-2)13(16)15(3)12-8-6-11(7-9-12)14(17)18/h6-10H,4-5H2,1-3H3,(H,17,18). The van der Waals surface area contributed by atoms with Crippen LogP contribution in [0, 0.1) is 5.92 Å². The molecule has 0 fully saturated rings. The molecule has 1 aromatic carbocycles. The zero-order valence-electron chi connectivity index (χ0n) is 11.0. The Morgan fingerprint density at radius 1 is 1.17 bits per heavy atom. The molecule has 0 saturated carbocycles. The molecule has 0 aliphatic heterocycles. The lowest BCUT2D eigenvalue weighted by atomic mass is 10.0. The number of benzene rings is 1. The van der Waals surface area contributed by atoms with Gasteiger partial charge in [0.05, 0.1) is 5.56 Å². The van der Waals surface area contributed by atoms with Crippen molar-refractivity contribution in [2.45, 2.75) is 26.7 Å². The minimum atomic E-state index is -0.962. The van der Waals surface area contributed by atoms with Gasteiger partial charge >= 0.3 is 5.97 Å². The second kappa shape index (κ2) is 6.19. The van der Waals surface area contributed by atoms with E-state index in [0.29, 0.717) is 0 Å². The Hall–Kier alpha value is -1.84. The van der Waals surface area contributed by atoms with Crippen LogP contribution in [0.15, 0.2) is 24.3 Å². The summed E-state index contributed by atoms with van der Waals surface area (Å²) in [5, 5.41) is 8.81. The molecule has 4 nitrogen and oxygen atoms in total. The minimum absolute atomic E-state index is 0.0224. The number of anilines is 1. The van der Waals surface area contributed by atoms with Gasteiger partial charge in [0.2, 0.25) is 5.91 Å². The van der Waals surface area contributed by atoms with Crippen LogP contribution in [0.2, 0.25) is 0 Å². The highest BCUT2D eigenvalue weighted by atomic mass is 16.4. The summed E-state index contributed by atoms with van der Waals surface area (Å²) in [6.07, 6.45) is 1.62. The molecule has 0 heterocycles. The fraction of sp³-hybridized carbons (Fsp3) is 0.429. The van der Waals surface area contributed by atoms with Crippen LogP contribution in [-0.4, -0.2) is 24.0 Å². The zero-order chi connectivity index (χ0) is 13.7. The highest BCUT2D eigenvalue weighted by molar-refractivity contribution is 5.95. The maximum atomic E-state index is 12.1. The monoisotopic (exact) mass is 249 g/mol. The van der Waals surface area contributed by atoms with Crippen LogP contribution in [0.4, 0.5) is 5.69 Å². The summed E-state index contributed by atoms with van der Waals surface area (Å²) < 4.78 is 0. The molecule has 0 spiro atoms. The summed E-state index contributed by atoms with van der Waals surface area (Å²) in [6.45, 7) is 3.99. The van der Waals surface area contributed by atoms with Crippen molar-refractivity contribution in [3.63, 3.8) is 0 Å². The van der Waals surface area contributed by atoms with Gasteiger partial charge in [-0.15, -0.1) is 0 Å². The van der Waals surface area contributed by atoms with E-state index < -0.39 is 5.97 Å². The minimum Gasteiger partial charge on any atom is -0.478 e. The van der Waals surface area contributed by atoms with E-state index in [-0.39, 0.29) is 17.4 Å². The Labute approximate surface area is 107 Å². The van der Waals surface area contributed by atoms with Crippen LogP contribution in [0.25, 0.3) is 0 Å². The fourth-order valence-corrected chi connectivity index (χ4v) is 1.87. The van der Waals surface area contributed by atoms with Crippen LogP contribution in [0.5, 0.6) is 0 Å². The van der Waals surface area contributed by atoms with Crippen molar-refractivity contribution in [1.29, 1.82) is 0 Å². The van der Waals surface area contributed by atoms with Crippen molar-refractivity contribution < 1.29 is 14.7 Å². The predicted octanol–water partition coefficient (Wildman–Crippen LogP) is 2.78. The number of rotatable bonds is 5. The van der Waals surface area contributed by atoms with Gasteiger partial charge in [-0.05, 0) is 37.1 Å². The molecule has 0 radical (unpaired) electrons. The maximum Gasteiger partial charge on any atom is 0.335 e. The molecule has 18 heavy (non-hydrogen) atoms. The number of nitrogens with zero attached hydrogens (tertiary/aromatic N) is 1. The molecular weight excluding hydrogens is 230 g/mol. The van der Waals surface area contributed by atoms with Gasteiger partial charge in [0.25, 0.3) is 0 Å². The van der Waals surface area contributed by atoms with E-state index >= 15 is 0 Å². The first-order valence-electron chi connectivity index (χ1n) is 6.12. The number of hydrogen-bond acceptors (Lipinski definition) is 2. The van der Waals surface area contributed by atoms with Gasteiger partial charge in [-0.25, -0.2) is 4.79 Å². The molecule has 1 N–H and O–H groups in total. The van der Waals surface area contributed by atoms with E-state index in [0.717, 1.165) is 18.5 Å². The SMILES string of the molecule is CCC(CC)C(=O)N(C)c1ccc(C(=O)O)cc1. The first-order chi connectivity index (χ1) is 8.51. The molecule has 0 aliphatic carbocycles. The van der Waals surface area contributed by atoms with E-state index in [9.17, 15) is 9.59 Å². The summed E-state index contributed by atoms with van der Waals surface area (Å²) in [5.74, 6) is -0.868. The Morgan fingerprint density at radius 2 is 1.67 bits per heavy atom. The lowest BCUT2D eigenvalue weighted by molar-refractivity contribution is -0.122. The maximum absolute atomic E-state index is 12.1. The molecule has 1 amide bonds. The summed E-state index contributed by atoms with van der Waals surface area (Å²) in [7, 11) is 1.72. The van der Waals surface area contributed by atoms with Gasteiger partial charge in [0.15, 0.2) is 0 Å². The smallest absolute Gasteiger partial charge is 0.335 e. The van der Waals surface area contributed by atoms with Crippen LogP contribution in [0.1, 0.15) is 37.0 Å². The summed E-state index contributed by atoms with van der Waals surface area (Å²) in [4.78, 5) is 24.5. The van der Waals surface area contributed by atoms with E-state index in [4.69, 9.17) is 5.11 Å². The third kappa shape index (κ3) is 3.09. The third-order valence-electron chi connectivity index (χ3n) is 3.17. The molecule has 0 aromatic heterocycles. The molecule has 98 valence electrons. The van der Waals surface area contributed by atoms with Crippen molar-refractivity contribution >= 4 is 17.6 Å². The van der Waals surface area contributed by atoms with Gasteiger partial charge < -0.3 is 10.0 Å². The summed E-state index contributed by atoms with van der Waals surface area (Å²) in [5.41, 5.74) is 0.944. The fourth-order valence-electron chi connectivity index (χ4n) is 1.87. The van der Waals surface area contributed by atoms with E-state index in [1.165, 1.54) is 12.1 Å². The highest BCUT2D eigenvalue weighted by Gasteiger charge is 2.19. The van der Waals surface area contributed by atoms with Crippen LogP contribution < -0.4 is 4.90 Å². The van der Waals surface area contributed by atoms with Crippen LogP contribution in [0.3, 0.4) is 0 Å². The van der Waals surface area contributed by atoms with Crippen molar-refractivity contribution in [2.75, 3.05) is 11.9 Å². The Bertz CT molecular complexity index is 421. The van der Waals surface area contributed by atoms with Crippen molar-refractivity contribution in [3.05, 3.63) is 29.8 Å². The van der Waals surface area contributed by atoms with Crippen LogP contribution >= 0.6 is 0 Å². The lowest BCUT2D eigenvalue weighted by Crippen LogP contribution is -2.32. The molecule has 4 heteroatoms. The second-order valence-corrected chi connectivity index (χ2v) is 4.26. The second-order valence-electron chi connectivity index (χ2n) is 4.26. The van der Waals surface area contributed by atoms with Gasteiger partial charge in [0, 0.05) is 18.7 Å². The molecule has 1 aromatic rings. The van der Waals surface area contributed by atoms with Crippen molar-refractivity contribution in [2.24, 2.45) is 5.92 Å². The van der Waals surface area contributed by atoms with Crippen LogP contribution in [-0.2, 0) is 4.79 Å². The number of aromatic carboxylic acids is 1. The number of carbonyl (C=O) groups is 2. The molecule has 0 saturated heterocycles. The topological polar surface area (TPSA) is 57.6 Å². The number of carbonyl (C=O) groups excluding carboxylic acids is 1. The Morgan fingerprint density at radius 3 is 2.06 bits per heavy atom. The zero-order valence-corrected chi connectivity index (χ0v) is 11.0. The first-order valence-corrected chi connectivity index (χ1v) is 6.12. The average molecular weight is 249 g/mol. The number of carboxylic acids is 1.